The molecule has 1 N–H and O–H groups in total. The molecule has 0 atom stereocenters. The molecular weight excluding hydrogens is 344 g/mol. The van der Waals surface area contributed by atoms with Crippen LogP contribution in [0.15, 0.2) is 29.2 Å². The van der Waals surface area contributed by atoms with Gasteiger partial charge in [-0.05, 0) is 31.4 Å². The summed E-state index contributed by atoms with van der Waals surface area (Å²) in [6, 6.07) is 7.68. The molecule has 0 radical (unpaired) electrons. The molecule has 132 valence electrons. The Morgan fingerprint density at radius 3 is 2.67 bits per heavy atom. The number of carbonyl (C=O) groups is 2. The number of carbonyl (C=O) groups excluding carboxylic acids is 2. The van der Waals surface area contributed by atoms with Crippen molar-refractivity contribution in [3.63, 3.8) is 0 Å². The van der Waals surface area contributed by atoms with Crippen LogP contribution in [0.3, 0.4) is 0 Å². The second kappa shape index (κ2) is 9.94. The van der Waals surface area contributed by atoms with E-state index in [1.165, 1.54) is 0 Å². The van der Waals surface area contributed by atoms with Crippen LogP contribution in [0, 0.1) is 5.92 Å². The van der Waals surface area contributed by atoms with Gasteiger partial charge in [-0.1, -0.05) is 30.7 Å². The van der Waals surface area contributed by atoms with Gasteiger partial charge < -0.3 is 10.2 Å². The van der Waals surface area contributed by atoms with E-state index in [2.05, 4.69) is 5.32 Å². The lowest BCUT2D eigenvalue weighted by atomic mass is 9.95. The molecule has 0 aliphatic carbocycles. The number of piperidine rings is 1. The highest BCUT2D eigenvalue weighted by atomic mass is 35.5. The van der Waals surface area contributed by atoms with Gasteiger partial charge in [0.15, 0.2) is 0 Å². The Hall–Kier alpha value is -1.20. The molecule has 4 nitrogen and oxygen atoms in total. The Kier molecular flexibility index (Phi) is 7.92. The molecule has 0 spiro atoms. The number of likely N-dealkylation sites (tertiary alicyclic amines) is 1. The Balaban J connectivity index is 1.69. The van der Waals surface area contributed by atoms with Crippen molar-refractivity contribution < 1.29 is 9.59 Å². The smallest absolute Gasteiger partial charge is 0.223 e. The maximum absolute atomic E-state index is 12.3. The molecule has 6 heteroatoms. The third-order valence-corrected chi connectivity index (χ3v) is 5.69. The number of amides is 2. The van der Waals surface area contributed by atoms with Crippen LogP contribution in [-0.2, 0) is 9.59 Å². The fraction of sp³-hybridized carbons (Fsp3) is 0.556. The SMILES string of the molecule is CCCNC(=O)C1CCN(C(=O)CCSc2ccccc2Cl)CC1. The van der Waals surface area contributed by atoms with Crippen LogP contribution in [-0.4, -0.2) is 42.1 Å². The van der Waals surface area contributed by atoms with Crippen molar-refractivity contribution in [1.29, 1.82) is 0 Å². The normalized spacial score (nSPS) is 15.3. The Morgan fingerprint density at radius 2 is 2.00 bits per heavy atom. The van der Waals surface area contributed by atoms with Gasteiger partial charge in [0.05, 0.1) is 5.02 Å². The summed E-state index contributed by atoms with van der Waals surface area (Å²) >= 11 is 7.73. The number of rotatable bonds is 7. The van der Waals surface area contributed by atoms with Gasteiger partial charge >= 0.3 is 0 Å². The zero-order valence-electron chi connectivity index (χ0n) is 14.1. The summed E-state index contributed by atoms with van der Waals surface area (Å²) in [5.74, 6) is 1.08. The molecule has 1 fully saturated rings. The summed E-state index contributed by atoms with van der Waals surface area (Å²) in [6.45, 7) is 4.14. The minimum atomic E-state index is 0.0538. The molecule has 2 rings (SSSR count). The van der Waals surface area contributed by atoms with Crippen LogP contribution in [0.5, 0.6) is 0 Å². The van der Waals surface area contributed by atoms with Crippen molar-refractivity contribution in [2.24, 2.45) is 5.92 Å². The third kappa shape index (κ3) is 5.71. The Morgan fingerprint density at radius 1 is 1.29 bits per heavy atom. The molecule has 1 aliphatic heterocycles. The van der Waals surface area contributed by atoms with Crippen LogP contribution in [0.4, 0.5) is 0 Å². The van der Waals surface area contributed by atoms with E-state index >= 15 is 0 Å². The van der Waals surface area contributed by atoms with Gasteiger partial charge in [-0.15, -0.1) is 11.8 Å². The number of nitrogens with one attached hydrogen (secondary N) is 1. The summed E-state index contributed by atoms with van der Waals surface area (Å²) in [5.41, 5.74) is 0. The lowest BCUT2D eigenvalue weighted by Crippen LogP contribution is -2.43. The van der Waals surface area contributed by atoms with E-state index in [-0.39, 0.29) is 17.7 Å². The quantitative estimate of drug-likeness (QED) is 0.748. The van der Waals surface area contributed by atoms with E-state index in [0.29, 0.717) is 19.5 Å². The molecule has 1 heterocycles. The van der Waals surface area contributed by atoms with E-state index < -0.39 is 0 Å². The lowest BCUT2D eigenvalue weighted by Gasteiger charge is -2.31. The topological polar surface area (TPSA) is 49.4 Å². The molecular formula is C18H25ClN2O2S. The molecule has 0 unspecified atom stereocenters. The number of thioether (sulfide) groups is 1. The average Bonchev–Trinajstić information content (AvgIpc) is 2.61. The molecule has 2 amide bonds. The fourth-order valence-electron chi connectivity index (χ4n) is 2.75. The highest BCUT2D eigenvalue weighted by Crippen LogP contribution is 2.27. The number of nitrogens with zero attached hydrogens (tertiary/aromatic N) is 1. The van der Waals surface area contributed by atoms with Crippen molar-refractivity contribution in [1.82, 2.24) is 10.2 Å². The first kappa shape index (κ1) is 19.1. The Bertz CT molecular complexity index is 560. The largest absolute Gasteiger partial charge is 0.356 e. The summed E-state index contributed by atoms with van der Waals surface area (Å²) in [6.07, 6.45) is 2.98. The van der Waals surface area contributed by atoms with Crippen LogP contribution in [0.1, 0.15) is 32.6 Å². The minimum Gasteiger partial charge on any atom is -0.356 e. The molecule has 0 saturated carbocycles. The summed E-state index contributed by atoms with van der Waals surface area (Å²) in [5, 5.41) is 3.68. The van der Waals surface area contributed by atoms with Gasteiger partial charge in [0.1, 0.15) is 0 Å². The Labute approximate surface area is 153 Å². The molecule has 1 aromatic rings. The van der Waals surface area contributed by atoms with Gasteiger partial charge in [-0.2, -0.15) is 0 Å². The highest BCUT2D eigenvalue weighted by Gasteiger charge is 2.26. The maximum atomic E-state index is 12.3. The highest BCUT2D eigenvalue weighted by molar-refractivity contribution is 7.99. The summed E-state index contributed by atoms with van der Waals surface area (Å²) in [7, 11) is 0. The van der Waals surface area contributed by atoms with Crippen molar-refractivity contribution in [3.8, 4) is 0 Å². The summed E-state index contributed by atoms with van der Waals surface area (Å²) in [4.78, 5) is 27.2. The molecule has 24 heavy (non-hydrogen) atoms. The number of hydrogen-bond acceptors (Lipinski definition) is 3. The second-order valence-corrected chi connectivity index (χ2v) is 7.52. The van der Waals surface area contributed by atoms with Crippen LogP contribution >= 0.6 is 23.4 Å². The van der Waals surface area contributed by atoms with Crippen LogP contribution in [0.2, 0.25) is 5.02 Å². The zero-order chi connectivity index (χ0) is 17.4. The van der Waals surface area contributed by atoms with E-state index in [4.69, 9.17) is 11.6 Å². The van der Waals surface area contributed by atoms with Crippen molar-refractivity contribution in [3.05, 3.63) is 29.3 Å². The standard InChI is InChI=1S/C18H25ClN2O2S/c1-2-10-20-18(23)14-7-11-21(12-8-14)17(22)9-13-24-16-6-4-3-5-15(16)19/h3-6,14H,2,7-13H2,1H3,(H,20,23). The predicted octanol–water partition coefficient (Wildman–Crippen LogP) is 3.59. The molecule has 0 bridgehead atoms. The monoisotopic (exact) mass is 368 g/mol. The molecule has 1 aliphatic rings. The van der Waals surface area contributed by atoms with E-state index in [0.717, 1.165) is 41.5 Å². The van der Waals surface area contributed by atoms with Gasteiger partial charge in [-0.3, -0.25) is 9.59 Å². The first-order valence-corrected chi connectivity index (χ1v) is 9.91. The van der Waals surface area contributed by atoms with E-state index in [1.807, 2.05) is 36.1 Å². The third-order valence-electron chi connectivity index (χ3n) is 4.18. The van der Waals surface area contributed by atoms with Crippen LogP contribution < -0.4 is 5.32 Å². The summed E-state index contributed by atoms with van der Waals surface area (Å²) < 4.78 is 0. The molecule has 1 saturated heterocycles. The van der Waals surface area contributed by atoms with E-state index in [1.54, 1.807) is 11.8 Å². The maximum Gasteiger partial charge on any atom is 0.223 e. The zero-order valence-corrected chi connectivity index (χ0v) is 15.7. The van der Waals surface area contributed by atoms with Gasteiger partial charge in [0.25, 0.3) is 0 Å². The number of benzene rings is 1. The first-order valence-electron chi connectivity index (χ1n) is 8.54. The van der Waals surface area contributed by atoms with Crippen LogP contribution in [0.25, 0.3) is 0 Å². The predicted molar refractivity (Wildman–Crippen MR) is 99.4 cm³/mol. The van der Waals surface area contributed by atoms with Crippen molar-refractivity contribution in [2.45, 2.75) is 37.5 Å². The average molecular weight is 369 g/mol. The number of hydrogen-bond donors (Lipinski definition) is 1. The number of halogens is 1. The van der Waals surface area contributed by atoms with Crippen molar-refractivity contribution >= 4 is 35.2 Å². The second-order valence-electron chi connectivity index (χ2n) is 5.97. The van der Waals surface area contributed by atoms with Gasteiger partial charge in [0, 0.05) is 42.6 Å². The van der Waals surface area contributed by atoms with Crippen molar-refractivity contribution in [2.75, 3.05) is 25.4 Å². The first-order chi connectivity index (χ1) is 11.6. The minimum absolute atomic E-state index is 0.0538. The van der Waals surface area contributed by atoms with Gasteiger partial charge in [0.2, 0.25) is 11.8 Å². The van der Waals surface area contributed by atoms with Gasteiger partial charge in [-0.25, -0.2) is 0 Å². The lowest BCUT2D eigenvalue weighted by molar-refractivity contribution is -0.135. The molecule has 0 aromatic heterocycles. The van der Waals surface area contributed by atoms with E-state index in [9.17, 15) is 9.59 Å². The molecule has 1 aromatic carbocycles. The fourth-order valence-corrected chi connectivity index (χ4v) is 3.93.